The molecular formula is C33H35F3N4O6S2. The first-order valence-electron chi connectivity index (χ1n) is 15.3. The number of carbonyl (C=O) groups excluding carboxylic acids is 2. The number of aromatic nitrogens is 1. The molecule has 2 amide bonds. The van der Waals surface area contributed by atoms with Crippen LogP contribution in [0.1, 0.15) is 31.4 Å². The number of fused-ring (bicyclic) bond motifs is 1. The fourth-order valence-electron chi connectivity index (χ4n) is 5.32. The average Bonchev–Trinajstić information content (AvgIpc) is 3.70. The molecule has 10 nitrogen and oxygen atoms in total. The Morgan fingerprint density at radius 2 is 1.88 bits per heavy atom. The van der Waals surface area contributed by atoms with Crippen molar-refractivity contribution in [3.8, 4) is 0 Å². The third kappa shape index (κ3) is 8.14. The summed E-state index contributed by atoms with van der Waals surface area (Å²) in [6.45, 7) is 3.21. The Labute approximate surface area is 280 Å². The zero-order valence-corrected chi connectivity index (χ0v) is 27.8. The number of aliphatic hydroxyl groups excluding tert-OH is 1. The third-order valence-electron chi connectivity index (χ3n) is 8.22. The molecule has 256 valence electrons. The third-order valence-corrected chi connectivity index (χ3v) is 10.8. The fourth-order valence-corrected chi connectivity index (χ4v) is 7.71. The highest BCUT2D eigenvalue weighted by Gasteiger charge is 2.40. The number of sulfonamides is 1. The molecule has 3 aromatic carbocycles. The molecule has 0 bridgehead atoms. The number of rotatable bonds is 13. The van der Waals surface area contributed by atoms with Crippen LogP contribution >= 0.6 is 11.3 Å². The Kier molecular flexibility index (Phi) is 10.7. The van der Waals surface area contributed by atoms with Gasteiger partial charge in [0.15, 0.2) is 6.10 Å². The smallest absolute Gasteiger partial charge is 0.416 e. The van der Waals surface area contributed by atoms with Crippen LogP contribution in [0.25, 0.3) is 10.2 Å². The normalized spacial score (nSPS) is 17.4. The van der Waals surface area contributed by atoms with Crippen molar-refractivity contribution in [2.24, 2.45) is 5.92 Å². The Balaban J connectivity index is 1.37. The number of anilines is 1. The molecule has 0 spiro atoms. The molecule has 1 aliphatic heterocycles. The van der Waals surface area contributed by atoms with Gasteiger partial charge < -0.3 is 15.2 Å². The van der Waals surface area contributed by atoms with Crippen molar-refractivity contribution in [3.63, 3.8) is 0 Å². The molecule has 1 aromatic heterocycles. The molecule has 1 saturated heterocycles. The number of cyclic esters (lactones) is 1. The average molecular weight is 705 g/mol. The van der Waals surface area contributed by atoms with Crippen molar-refractivity contribution in [3.05, 3.63) is 89.4 Å². The highest BCUT2D eigenvalue weighted by atomic mass is 32.2. The van der Waals surface area contributed by atoms with Gasteiger partial charge in [-0.25, -0.2) is 18.2 Å². The number of hydrogen-bond donors (Lipinski definition) is 2. The van der Waals surface area contributed by atoms with E-state index in [0.29, 0.717) is 16.6 Å². The van der Waals surface area contributed by atoms with Crippen molar-refractivity contribution >= 4 is 49.3 Å². The topological polar surface area (TPSA) is 129 Å². The predicted octanol–water partition coefficient (Wildman–Crippen LogP) is 5.47. The van der Waals surface area contributed by atoms with E-state index in [9.17, 15) is 36.3 Å². The Morgan fingerprint density at radius 1 is 1.12 bits per heavy atom. The van der Waals surface area contributed by atoms with Gasteiger partial charge in [0.1, 0.15) is 0 Å². The van der Waals surface area contributed by atoms with Gasteiger partial charge in [0.25, 0.3) is 5.91 Å². The summed E-state index contributed by atoms with van der Waals surface area (Å²) in [5, 5.41) is 14.3. The minimum Gasteiger partial charge on any atom is -0.434 e. The number of hydrogen-bond acceptors (Lipinski definition) is 8. The van der Waals surface area contributed by atoms with E-state index in [0.717, 1.165) is 28.7 Å². The number of thiazole rings is 1. The monoisotopic (exact) mass is 704 g/mol. The van der Waals surface area contributed by atoms with Crippen LogP contribution in [0.5, 0.6) is 0 Å². The summed E-state index contributed by atoms with van der Waals surface area (Å²) in [6, 6.07) is 16.7. The maximum atomic E-state index is 14.0. The van der Waals surface area contributed by atoms with Crippen LogP contribution in [0.4, 0.5) is 23.7 Å². The highest BCUT2D eigenvalue weighted by Crippen LogP contribution is 2.33. The molecule has 4 atom stereocenters. The first-order chi connectivity index (χ1) is 22.8. The molecule has 0 aliphatic carbocycles. The Hall–Kier alpha value is -4.05. The largest absolute Gasteiger partial charge is 0.434 e. The Morgan fingerprint density at radius 3 is 2.58 bits per heavy atom. The second-order valence-corrected chi connectivity index (χ2v) is 14.5. The van der Waals surface area contributed by atoms with Crippen LogP contribution in [0, 0.1) is 5.92 Å². The molecule has 5 rings (SSSR count). The van der Waals surface area contributed by atoms with Gasteiger partial charge in [-0.3, -0.25) is 9.69 Å². The van der Waals surface area contributed by atoms with E-state index in [2.05, 4.69) is 10.3 Å². The minimum absolute atomic E-state index is 0.0472. The number of halogens is 3. The lowest BCUT2D eigenvalue weighted by Crippen LogP contribution is -2.53. The second-order valence-electron chi connectivity index (χ2n) is 11.7. The van der Waals surface area contributed by atoms with Crippen molar-refractivity contribution in [1.29, 1.82) is 0 Å². The lowest BCUT2D eigenvalue weighted by atomic mass is 10.0. The summed E-state index contributed by atoms with van der Waals surface area (Å²) < 4.78 is 74.9. The van der Waals surface area contributed by atoms with Gasteiger partial charge >= 0.3 is 12.3 Å². The zero-order chi connectivity index (χ0) is 34.6. The van der Waals surface area contributed by atoms with Crippen molar-refractivity contribution in [1.82, 2.24) is 14.6 Å². The van der Waals surface area contributed by atoms with Crippen LogP contribution in [0.2, 0.25) is 0 Å². The lowest BCUT2D eigenvalue weighted by molar-refractivity contribution is -0.137. The molecule has 2 N–H and O–H groups in total. The fraction of sp³-hybridized carbons (Fsp3) is 0.364. The van der Waals surface area contributed by atoms with Gasteiger partial charge in [0, 0.05) is 18.8 Å². The molecule has 15 heteroatoms. The lowest BCUT2D eigenvalue weighted by Gasteiger charge is -2.31. The van der Waals surface area contributed by atoms with Crippen LogP contribution in [0.15, 0.2) is 83.2 Å². The van der Waals surface area contributed by atoms with E-state index in [4.69, 9.17) is 4.74 Å². The summed E-state index contributed by atoms with van der Waals surface area (Å²) in [6.07, 6.45) is -7.66. The SMILES string of the molecule is CC[C@H](C)CN(C[C@@H](O)[C@H](Cc1ccccc1)NC(=O)[C@@H]1CN(c2cccc(C(F)(F)F)c2)C(=O)O1)S(=O)(=O)c1ccc2ncsc2c1. The number of alkyl halides is 3. The number of nitrogens with zero attached hydrogens (tertiary/aromatic N) is 3. The van der Waals surface area contributed by atoms with Crippen molar-refractivity contribution < 1.29 is 41.0 Å². The number of carbonyl (C=O) groups is 2. The van der Waals surface area contributed by atoms with Gasteiger partial charge in [-0.1, -0.05) is 56.7 Å². The molecule has 0 radical (unpaired) electrons. The van der Waals surface area contributed by atoms with E-state index < -0.39 is 52.0 Å². The highest BCUT2D eigenvalue weighted by molar-refractivity contribution is 7.89. The molecule has 0 unspecified atom stereocenters. The summed E-state index contributed by atoms with van der Waals surface area (Å²) in [5.41, 5.74) is 1.98. The summed E-state index contributed by atoms with van der Waals surface area (Å²) in [7, 11) is -4.10. The van der Waals surface area contributed by atoms with E-state index in [1.807, 2.05) is 13.8 Å². The van der Waals surface area contributed by atoms with E-state index in [1.54, 1.807) is 48.0 Å². The van der Waals surface area contributed by atoms with Crippen LogP contribution < -0.4 is 10.2 Å². The van der Waals surface area contributed by atoms with Gasteiger partial charge in [0.2, 0.25) is 10.0 Å². The van der Waals surface area contributed by atoms with Gasteiger partial charge in [0.05, 0.1) is 44.9 Å². The summed E-state index contributed by atoms with van der Waals surface area (Å²) in [5.74, 6) is -0.842. The number of aliphatic hydroxyl groups is 1. The number of nitrogens with one attached hydrogen (secondary N) is 1. The first kappa shape index (κ1) is 35.3. The van der Waals surface area contributed by atoms with Crippen LogP contribution in [-0.2, 0) is 32.2 Å². The van der Waals surface area contributed by atoms with E-state index in [1.165, 1.54) is 27.8 Å². The van der Waals surface area contributed by atoms with Crippen LogP contribution in [-0.4, -0.2) is 72.7 Å². The summed E-state index contributed by atoms with van der Waals surface area (Å²) in [4.78, 5) is 31.3. The predicted molar refractivity (Wildman–Crippen MR) is 175 cm³/mol. The molecular weight excluding hydrogens is 670 g/mol. The van der Waals surface area contributed by atoms with Gasteiger partial charge in [-0.05, 0) is 54.3 Å². The van der Waals surface area contributed by atoms with Gasteiger partial charge in [-0.2, -0.15) is 17.5 Å². The van der Waals surface area contributed by atoms with E-state index in [-0.39, 0.29) is 42.6 Å². The second kappa shape index (κ2) is 14.6. The molecule has 1 fully saturated rings. The zero-order valence-electron chi connectivity index (χ0n) is 26.1. The summed E-state index contributed by atoms with van der Waals surface area (Å²) >= 11 is 1.31. The quantitative estimate of drug-likeness (QED) is 0.189. The number of amides is 2. The molecule has 48 heavy (non-hydrogen) atoms. The maximum Gasteiger partial charge on any atom is 0.416 e. The molecule has 0 saturated carbocycles. The van der Waals surface area contributed by atoms with Crippen molar-refractivity contribution in [2.75, 3.05) is 24.5 Å². The first-order valence-corrected chi connectivity index (χ1v) is 17.6. The van der Waals surface area contributed by atoms with Gasteiger partial charge in [-0.15, -0.1) is 11.3 Å². The van der Waals surface area contributed by atoms with Crippen LogP contribution in [0.3, 0.4) is 0 Å². The molecule has 1 aliphatic rings. The van der Waals surface area contributed by atoms with Crippen molar-refractivity contribution in [2.45, 2.75) is 56.0 Å². The molecule has 2 heterocycles. The number of benzene rings is 3. The molecule has 4 aromatic rings. The standard InChI is InChI=1S/C33H35F3N4O6S2/c1-3-21(2)17-39(48(44,45)25-12-13-26-30(16-25)47-20-37-26)18-28(41)27(14-22-8-5-4-6-9-22)38-31(42)29-19-40(32(43)46-29)24-11-7-10-23(15-24)33(34,35)36/h4-13,15-16,20-21,27-29,41H,3,14,17-19H2,1-2H3,(H,38,42)/t21-,27-,28+,29-/m0/s1. The Bertz CT molecular complexity index is 1850. The minimum atomic E-state index is -4.64. The van der Waals surface area contributed by atoms with E-state index >= 15 is 0 Å². The number of ether oxygens (including phenoxy) is 1. The maximum absolute atomic E-state index is 14.0.